The molecular formula is C26H37F2N4O11P. The van der Waals surface area contributed by atoms with Crippen molar-refractivity contribution < 1.29 is 56.2 Å². The normalized spacial score (nSPS) is 14.8. The van der Waals surface area contributed by atoms with Crippen molar-refractivity contribution in [3.05, 3.63) is 40.4 Å². The number of methoxy groups -OCH3 is 3. The van der Waals surface area contributed by atoms with E-state index in [-0.39, 0.29) is 28.6 Å². The van der Waals surface area contributed by atoms with E-state index in [4.69, 9.17) is 28.2 Å². The number of anilines is 1. The molecule has 18 heteroatoms. The minimum Gasteiger partial charge on any atom is -0.493 e. The molecule has 5 atom stereocenters. The summed E-state index contributed by atoms with van der Waals surface area (Å²) in [5, 5.41) is 14.8. The van der Waals surface area contributed by atoms with Crippen LogP contribution in [0.4, 0.5) is 14.6 Å². The average molecular weight is 651 g/mol. The second-order valence-electron chi connectivity index (χ2n) is 9.42. The van der Waals surface area contributed by atoms with Crippen molar-refractivity contribution in [1.29, 1.82) is 0 Å². The summed E-state index contributed by atoms with van der Waals surface area (Å²) < 4.78 is 71.1. The molecule has 0 saturated heterocycles. The maximum Gasteiger partial charge on any atom is 0.351 e. The molecule has 15 nitrogen and oxygen atoms in total. The van der Waals surface area contributed by atoms with Gasteiger partial charge >= 0.3 is 11.7 Å². The zero-order valence-electron chi connectivity index (χ0n) is 25.2. The number of hydrogen-bond donors (Lipinski definition) is 3. The van der Waals surface area contributed by atoms with Gasteiger partial charge < -0.3 is 38.6 Å². The number of alkyl halides is 2. The Balaban J connectivity index is 2.13. The number of carbonyl (C=O) groups is 2. The molecule has 3 N–H and O–H groups in total. The van der Waals surface area contributed by atoms with Crippen molar-refractivity contribution >= 4 is 25.9 Å². The summed E-state index contributed by atoms with van der Waals surface area (Å²) >= 11 is 0. The average Bonchev–Trinajstić information content (AvgIpc) is 2.97. The number of hydrogen-bond acceptors (Lipinski definition) is 12. The Kier molecular flexibility index (Phi) is 14.1. The molecule has 1 aromatic carbocycles. The summed E-state index contributed by atoms with van der Waals surface area (Å²) in [5.74, 6) is -0.789. The molecular weight excluding hydrogens is 613 g/mol. The van der Waals surface area contributed by atoms with Crippen LogP contribution in [0.2, 0.25) is 0 Å². The quantitative estimate of drug-likeness (QED) is 0.168. The third-order valence-electron chi connectivity index (χ3n) is 5.82. The van der Waals surface area contributed by atoms with Crippen LogP contribution in [0.25, 0.3) is 0 Å². The molecule has 0 radical (unpaired) electrons. The van der Waals surface area contributed by atoms with E-state index in [0.29, 0.717) is 0 Å². The number of aliphatic hydroxyl groups excluding tert-OH is 1. The van der Waals surface area contributed by atoms with Crippen molar-refractivity contribution in [2.75, 3.05) is 33.3 Å². The molecule has 0 aliphatic heterocycles. The van der Waals surface area contributed by atoms with Gasteiger partial charge in [0, 0.05) is 11.8 Å². The molecule has 3 unspecified atom stereocenters. The van der Waals surface area contributed by atoms with E-state index in [2.05, 4.69) is 15.4 Å². The molecule has 0 bridgehead atoms. The molecule has 246 valence electrons. The number of nitrogens with one attached hydrogen (secondary N) is 2. The van der Waals surface area contributed by atoms with Crippen molar-refractivity contribution in [3.8, 4) is 17.2 Å². The fourth-order valence-electron chi connectivity index (χ4n) is 3.63. The van der Waals surface area contributed by atoms with Crippen LogP contribution in [0, 0.1) is 0 Å². The van der Waals surface area contributed by atoms with E-state index in [0.717, 1.165) is 4.57 Å². The number of nitrogens with zero attached hydrogens (tertiary/aromatic N) is 2. The Bertz CT molecular complexity index is 1340. The minimum atomic E-state index is -3.27. The number of esters is 1. The molecule has 0 aliphatic rings. The Hall–Kier alpha value is -3.63. The highest BCUT2D eigenvalue weighted by atomic mass is 31.1. The van der Waals surface area contributed by atoms with Crippen LogP contribution in [-0.2, 0) is 23.4 Å². The molecule has 1 aromatic heterocycles. The molecule has 0 aliphatic carbocycles. The van der Waals surface area contributed by atoms with Gasteiger partial charge in [0.05, 0.1) is 34.0 Å². The zero-order valence-corrected chi connectivity index (χ0v) is 26.2. The van der Waals surface area contributed by atoms with Gasteiger partial charge in [-0.05, 0) is 45.9 Å². The Labute approximate surface area is 252 Å². The molecule has 2 rings (SSSR count). The van der Waals surface area contributed by atoms with Crippen LogP contribution >= 0.6 is 8.18 Å². The van der Waals surface area contributed by atoms with Crippen molar-refractivity contribution in [2.24, 2.45) is 0 Å². The van der Waals surface area contributed by atoms with Crippen molar-refractivity contribution in [2.45, 2.75) is 64.7 Å². The van der Waals surface area contributed by atoms with Gasteiger partial charge in [-0.2, -0.15) is 4.98 Å². The molecule has 0 saturated carbocycles. The fourth-order valence-corrected chi connectivity index (χ4v) is 4.50. The van der Waals surface area contributed by atoms with Gasteiger partial charge in [0.15, 0.2) is 11.5 Å². The maximum absolute atomic E-state index is 13.3. The second-order valence-corrected chi connectivity index (χ2v) is 10.6. The van der Waals surface area contributed by atoms with Crippen molar-refractivity contribution in [3.63, 3.8) is 0 Å². The van der Waals surface area contributed by atoms with E-state index >= 15 is 0 Å². The minimum absolute atomic E-state index is 0.103. The number of carbonyl (C=O) groups excluding carboxylic acids is 2. The van der Waals surface area contributed by atoms with Gasteiger partial charge in [-0.25, -0.2) is 18.7 Å². The molecule has 2 aromatic rings. The Morgan fingerprint density at radius 1 is 1.07 bits per heavy atom. The van der Waals surface area contributed by atoms with Gasteiger partial charge in [0.25, 0.3) is 20.5 Å². The standard InChI is InChI=1S/C26H37F2N4O11P/c1-13(2)42-25(35)14(3)31-44(37)41-12-19(21(33)23(27)28)43-15(4)32-9-8-20(30-26(32)36)29-24(34)16-10-17(38-5)22(40-7)18(11-16)39-6/h8-11,13-15,19,21,23,33,44H,12H2,1-7H3,(H,31,37)(H,29,30,34,36)/t14-,15+,19?,21?/m0/s1. The van der Waals surface area contributed by atoms with E-state index in [1.165, 1.54) is 59.6 Å². The number of rotatable bonds is 17. The first-order valence-corrected chi connectivity index (χ1v) is 14.5. The van der Waals surface area contributed by atoms with E-state index < -0.39 is 69.4 Å². The lowest BCUT2D eigenvalue weighted by atomic mass is 10.1. The topological polar surface area (TPSA) is 186 Å². The summed E-state index contributed by atoms with van der Waals surface area (Å²) in [4.78, 5) is 41.2. The highest BCUT2D eigenvalue weighted by Crippen LogP contribution is 2.38. The Morgan fingerprint density at radius 3 is 2.18 bits per heavy atom. The first-order valence-electron chi connectivity index (χ1n) is 13.2. The van der Waals surface area contributed by atoms with Gasteiger partial charge in [0.1, 0.15) is 30.3 Å². The predicted molar refractivity (Wildman–Crippen MR) is 153 cm³/mol. The summed E-state index contributed by atoms with van der Waals surface area (Å²) in [6, 6.07) is 3.02. The number of benzene rings is 1. The molecule has 0 spiro atoms. The third-order valence-corrected chi connectivity index (χ3v) is 6.92. The lowest BCUT2D eigenvalue weighted by Crippen LogP contribution is -2.41. The van der Waals surface area contributed by atoms with Gasteiger partial charge in [-0.3, -0.25) is 18.7 Å². The largest absolute Gasteiger partial charge is 0.493 e. The number of amides is 1. The highest BCUT2D eigenvalue weighted by Gasteiger charge is 2.32. The van der Waals surface area contributed by atoms with Crippen molar-refractivity contribution in [1.82, 2.24) is 14.6 Å². The van der Waals surface area contributed by atoms with Gasteiger partial charge in [-0.1, -0.05) is 0 Å². The molecule has 44 heavy (non-hydrogen) atoms. The SMILES string of the molecule is COc1cc(C(=O)Nc2ccn([C@@H](C)OC(CO[PH](=O)N[C@@H](C)C(=O)OC(C)C)C(O)C(F)F)c(=O)n2)cc(OC)c1OC. The fraction of sp³-hybridized carbons (Fsp3) is 0.538. The summed E-state index contributed by atoms with van der Waals surface area (Å²) in [7, 11) is 1.00. The number of aromatic nitrogens is 2. The van der Waals surface area contributed by atoms with Crippen LogP contribution in [0.1, 0.15) is 44.3 Å². The molecule has 0 fully saturated rings. The smallest absolute Gasteiger partial charge is 0.351 e. The van der Waals surface area contributed by atoms with E-state index in [1.54, 1.807) is 13.8 Å². The van der Waals surface area contributed by atoms with Crippen LogP contribution in [0.3, 0.4) is 0 Å². The second kappa shape index (κ2) is 17.0. The maximum atomic E-state index is 13.3. The predicted octanol–water partition coefficient (Wildman–Crippen LogP) is 2.39. The molecule has 1 amide bonds. The highest BCUT2D eigenvalue weighted by molar-refractivity contribution is 7.36. The Morgan fingerprint density at radius 2 is 1.68 bits per heavy atom. The van der Waals surface area contributed by atoms with Gasteiger partial charge in [-0.15, -0.1) is 0 Å². The lowest BCUT2D eigenvalue weighted by Gasteiger charge is -2.27. The third kappa shape index (κ3) is 10.2. The van der Waals surface area contributed by atoms with Crippen LogP contribution < -0.4 is 30.3 Å². The zero-order chi connectivity index (χ0) is 33.1. The van der Waals surface area contributed by atoms with E-state index in [9.17, 15) is 32.8 Å². The van der Waals surface area contributed by atoms with E-state index in [1.807, 2.05) is 0 Å². The van der Waals surface area contributed by atoms with Crippen LogP contribution in [-0.4, -0.2) is 85.2 Å². The first-order chi connectivity index (χ1) is 20.7. The van der Waals surface area contributed by atoms with Gasteiger partial charge in [0.2, 0.25) is 5.75 Å². The molecule has 1 heterocycles. The monoisotopic (exact) mass is 650 g/mol. The number of aliphatic hydroxyl groups is 1. The van der Waals surface area contributed by atoms with Crippen LogP contribution in [0.5, 0.6) is 17.2 Å². The van der Waals surface area contributed by atoms with Crippen LogP contribution in [0.15, 0.2) is 29.2 Å². The number of ether oxygens (including phenoxy) is 5. The number of halogens is 2. The summed E-state index contributed by atoms with van der Waals surface area (Å²) in [6.07, 6.45) is -7.90. The lowest BCUT2D eigenvalue weighted by molar-refractivity contribution is -0.150. The summed E-state index contributed by atoms with van der Waals surface area (Å²) in [5.41, 5.74) is -0.829. The summed E-state index contributed by atoms with van der Waals surface area (Å²) in [6.45, 7) is 5.16. The first kappa shape index (κ1) is 36.6.